The SMILES string of the molecule is N#C[C@H]1CC2(CSc3nonc3/C(=N/O)Nc3ccc(F)c(Br)c3)CC1C2. The number of rotatable bonds is 5. The second kappa shape index (κ2) is 7.13. The molecule has 1 atom stereocenters. The van der Waals surface area contributed by atoms with Gasteiger partial charge in [0.25, 0.3) is 0 Å². The fourth-order valence-electron chi connectivity index (χ4n) is 3.95. The molecule has 2 bridgehead atoms. The number of oxime groups is 1. The molecule has 0 radical (unpaired) electrons. The minimum Gasteiger partial charge on any atom is -0.409 e. The van der Waals surface area contributed by atoms with E-state index in [1.807, 2.05) is 0 Å². The average Bonchev–Trinajstić information content (AvgIpc) is 3.33. The van der Waals surface area contributed by atoms with Gasteiger partial charge in [0, 0.05) is 17.4 Å². The van der Waals surface area contributed by atoms with Gasteiger partial charge in [-0.3, -0.25) is 0 Å². The molecule has 5 rings (SSSR count). The van der Waals surface area contributed by atoms with Gasteiger partial charge in [0.15, 0.2) is 10.7 Å². The Morgan fingerprint density at radius 1 is 1.48 bits per heavy atom. The number of nitriles is 1. The third-order valence-corrected chi connectivity index (χ3v) is 7.16. The van der Waals surface area contributed by atoms with Gasteiger partial charge in [-0.1, -0.05) is 16.9 Å². The number of hydrogen-bond donors (Lipinski definition) is 2. The highest BCUT2D eigenvalue weighted by Gasteiger charge is 2.55. The summed E-state index contributed by atoms with van der Waals surface area (Å²) < 4.78 is 18.5. The van der Waals surface area contributed by atoms with Crippen molar-refractivity contribution in [1.82, 2.24) is 10.3 Å². The topological polar surface area (TPSA) is 107 Å². The lowest BCUT2D eigenvalue weighted by atomic mass is 9.71. The molecule has 140 valence electrons. The fourth-order valence-corrected chi connectivity index (χ4v) is 5.48. The van der Waals surface area contributed by atoms with E-state index in [1.54, 1.807) is 0 Å². The molecule has 3 aliphatic rings. The van der Waals surface area contributed by atoms with Crippen molar-refractivity contribution < 1.29 is 14.2 Å². The summed E-state index contributed by atoms with van der Waals surface area (Å²) in [6.07, 6.45) is 3.06. The van der Waals surface area contributed by atoms with E-state index in [1.165, 1.54) is 30.0 Å². The first-order valence-corrected chi connectivity index (χ1v) is 10.1. The summed E-state index contributed by atoms with van der Waals surface area (Å²) in [4.78, 5) is 0. The molecule has 3 saturated carbocycles. The van der Waals surface area contributed by atoms with Crippen LogP contribution in [0.5, 0.6) is 0 Å². The lowest BCUT2D eigenvalue weighted by molar-refractivity contribution is 0.173. The number of hydrogen-bond acceptors (Lipinski definition) is 7. The van der Waals surface area contributed by atoms with E-state index in [0.29, 0.717) is 16.6 Å². The Hall–Kier alpha value is -2.12. The molecule has 0 unspecified atom stereocenters. The standard InChI is InChI=1S/C17H15BrFN5O2S/c18-12-3-11(1-2-13(12)19)21-15(22-25)14-16(24-26-23-14)27-8-17-4-9(5-17)10(6-17)7-20/h1-3,9-10,25H,4-6,8H2,(H,21,22)/t9?,10-,17?/m1/s1. The Kier molecular flexibility index (Phi) is 4.82. The Morgan fingerprint density at radius 2 is 2.30 bits per heavy atom. The predicted octanol–water partition coefficient (Wildman–Crippen LogP) is 4.25. The minimum absolute atomic E-state index is 0.0579. The Morgan fingerprint density at radius 3 is 2.96 bits per heavy atom. The fraction of sp³-hybridized carbons (Fsp3) is 0.412. The van der Waals surface area contributed by atoms with Gasteiger partial charge in [0.05, 0.1) is 10.5 Å². The van der Waals surface area contributed by atoms with Gasteiger partial charge >= 0.3 is 0 Å². The maximum atomic E-state index is 13.4. The Balaban J connectivity index is 1.46. The summed E-state index contributed by atoms with van der Waals surface area (Å²) in [5.74, 6) is 1.16. The minimum atomic E-state index is -0.396. The van der Waals surface area contributed by atoms with Crippen molar-refractivity contribution in [1.29, 1.82) is 5.26 Å². The predicted molar refractivity (Wildman–Crippen MR) is 99.9 cm³/mol. The number of thioether (sulfide) groups is 1. The van der Waals surface area contributed by atoms with Crippen molar-refractivity contribution in [3.05, 3.63) is 34.2 Å². The molecule has 0 saturated heterocycles. The first kappa shape index (κ1) is 18.3. The maximum Gasteiger partial charge on any atom is 0.202 e. The van der Waals surface area contributed by atoms with Crippen molar-refractivity contribution in [3.8, 4) is 6.07 Å². The van der Waals surface area contributed by atoms with E-state index in [0.717, 1.165) is 25.0 Å². The van der Waals surface area contributed by atoms with Crippen LogP contribution in [0.25, 0.3) is 0 Å². The molecular formula is C17H15BrFN5O2S. The maximum absolute atomic E-state index is 13.4. The van der Waals surface area contributed by atoms with Gasteiger partial charge in [-0.25, -0.2) is 9.02 Å². The van der Waals surface area contributed by atoms with E-state index in [9.17, 15) is 14.9 Å². The van der Waals surface area contributed by atoms with Crippen LogP contribution < -0.4 is 5.32 Å². The Bertz CT molecular complexity index is 938. The molecule has 2 N–H and O–H groups in total. The highest BCUT2D eigenvalue weighted by molar-refractivity contribution is 9.10. The molecule has 2 aromatic rings. The lowest BCUT2D eigenvalue weighted by Gasteiger charge is -2.37. The number of amidine groups is 1. The van der Waals surface area contributed by atoms with Crippen LogP contribution >= 0.6 is 27.7 Å². The second-order valence-corrected chi connectivity index (χ2v) is 8.84. The molecule has 10 heteroatoms. The molecule has 0 spiro atoms. The zero-order valence-electron chi connectivity index (χ0n) is 14.0. The summed E-state index contributed by atoms with van der Waals surface area (Å²) in [6, 6.07) is 6.72. The smallest absolute Gasteiger partial charge is 0.202 e. The molecule has 7 nitrogen and oxygen atoms in total. The number of benzene rings is 1. The number of aromatic nitrogens is 2. The van der Waals surface area contributed by atoms with Gasteiger partial charge in [-0.15, -0.1) is 0 Å². The number of halogens is 2. The molecule has 0 amide bonds. The largest absolute Gasteiger partial charge is 0.409 e. The first-order chi connectivity index (χ1) is 13.0. The molecule has 3 fully saturated rings. The van der Waals surface area contributed by atoms with E-state index < -0.39 is 5.82 Å². The number of nitrogens with one attached hydrogen (secondary N) is 1. The van der Waals surface area contributed by atoms with Gasteiger partial charge < -0.3 is 10.5 Å². The summed E-state index contributed by atoms with van der Waals surface area (Å²) in [5.41, 5.74) is 0.978. The van der Waals surface area contributed by atoms with E-state index in [4.69, 9.17) is 4.63 Å². The number of fused-ring (bicyclic) bond motifs is 1. The second-order valence-electron chi connectivity index (χ2n) is 7.02. The molecule has 1 heterocycles. The van der Waals surface area contributed by atoms with Crippen molar-refractivity contribution in [2.24, 2.45) is 22.4 Å². The number of anilines is 1. The van der Waals surface area contributed by atoms with Crippen LogP contribution in [0.4, 0.5) is 10.1 Å². The zero-order valence-corrected chi connectivity index (χ0v) is 16.4. The van der Waals surface area contributed by atoms with Crippen molar-refractivity contribution in [3.63, 3.8) is 0 Å². The quantitative estimate of drug-likeness (QED) is 0.230. The summed E-state index contributed by atoms with van der Waals surface area (Å²) in [6.45, 7) is 0. The highest BCUT2D eigenvalue weighted by atomic mass is 79.9. The monoisotopic (exact) mass is 451 g/mol. The van der Waals surface area contributed by atoms with Crippen LogP contribution in [0.3, 0.4) is 0 Å². The van der Waals surface area contributed by atoms with Gasteiger partial charge in [0.2, 0.25) is 5.84 Å². The molecule has 0 aliphatic heterocycles. The third-order valence-electron chi connectivity index (χ3n) is 5.26. The zero-order chi connectivity index (χ0) is 19.0. The normalized spacial score (nSPS) is 26.5. The van der Waals surface area contributed by atoms with E-state index >= 15 is 0 Å². The van der Waals surface area contributed by atoms with Crippen LogP contribution in [0.1, 0.15) is 25.0 Å². The molecule has 1 aromatic heterocycles. The summed E-state index contributed by atoms with van der Waals surface area (Å²) >= 11 is 4.60. The summed E-state index contributed by atoms with van der Waals surface area (Å²) in [7, 11) is 0. The Labute approximate surface area is 167 Å². The van der Waals surface area contributed by atoms with Crippen LogP contribution in [0.15, 0.2) is 37.5 Å². The first-order valence-electron chi connectivity index (χ1n) is 8.33. The van der Waals surface area contributed by atoms with Gasteiger partial charge in [-0.05, 0) is 75.0 Å². The van der Waals surface area contributed by atoms with E-state index in [-0.39, 0.29) is 27.3 Å². The third kappa shape index (κ3) is 3.41. The van der Waals surface area contributed by atoms with Gasteiger partial charge in [-0.2, -0.15) is 5.26 Å². The molecule has 27 heavy (non-hydrogen) atoms. The van der Waals surface area contributed by atoms with Crippen LogP contribution in [-0.2, 0) is 0 Å². The van der Waals surface area contributed by atoms with Gasteiger partial charge in [0.1, 0.15) is 5.82 Å². The van der Waals surface area contributed by atoms with Crippen LogP contribution in [0.2, 0.25) is 0 Å². The number of nitrogens with zero attached hydrogens (tertiary/aromatic N) is 4. The highest BCUT2D eigenvalue weighted by Crippen LogP contribution is 2.63. The molecule has 3 aliphatic carbocycles. The van der Waals surface area contributed by atoms with Crippen molar-refractivity contribution in [2.75, 3.05) is 11.1 Å². The molecule has 1 aromatic carbocycles. The molecular weight excluding hydrogens is 437 g/mol. The van der Waals surface area contributed by atoms with E-state index in [2.05, 4.69) is 42.8 Å². The van der Waals surface area contributed by atoms with Crippen LogP contribution in [-0.4, -0.2) is 27.1 Å². The summed E-state index contributed by atoms with van der Waals surface area (Å²) in [5, 5.41) is 33.0. The van der Waals surface area contributed by atoms with Crippen molar-refractivity contribution >= 4 is 39.2 Å². The van der Waals surface area contributed by atoms with Crippen molar-refractivity contribution in [2.45, 2.75) is 24.3 Å². The van der Waals surface area contributed by atoms with Crippen LogP contribution in [0, 0.1) is 34.4 Å². The lowest BCUT2D eigenvalue weighted by Crippen LogP contribution is -2.30. The average molecular weight is 452 g/mol.